The molecule has 23 heavy (non-hydrogen) atoms. The van der Waals surface area contributed by atoms with E-state index in [0.717, 1.165) is 12.2 Å². The number of aryl methyl sites for hydroxylation is 2. The molecule has 1 saturated heterocycles. The van der Waals surface area contributed by atoms with Crippen molar-refractivity contribution in [2.45, 2.75) is 40.7 Å². The SMILES string of the molecule is COC(=O)[C@@]12CN(C(=O)Cn3nc(C)nc3C)C[C@@H]1C(C)(C)C2. The second kappa shape index (κ2) is 5.04. The summed E-state index contributed by atoms with van der Waals surface area (Å²) >= 11 is 0. The Morgan fingerprint density at radius 3 is 2.57 bits per heavy atom. The molecule has 1 aromatic heterocycles. The number of carbonyl (C=O) groups excluding carboxylic acids is 2. The van der Waals surface area contributed by atoms with Crippen molar-refractivity contribution < 1.29 is 14.3 Å². The number of amides is 1. The number of likely N-dealkylation sites (tertiary alicyclic amines) is 1. The third-order valence-corrected chi connectivity index (χ3v) is 5.45. The lowest BCUT2D eigenvalue weighted by Crippen LogP contribution is -2.57. The summed E-state index contributed by atoms with van der Waals surface area (Å²) in [5.41, 5.74) is -0.468. The third-order valence-electron chi connectivity index (χ3n) is 5.45. The topological polar surface area (TPSA) is 77.3 Å². The Hall–Kier alpha value is -1.92. The predicted octanol–water partition coefficient (Wildman–Crippen LogP) is 0.943. The van der Waals surface area contributed by atoms with Crippen LogP contribution in [-0.2, 0) is 20.9 Å². The average Bonchev–Trinajstić information content (AvgIpc) is 2.96. The Balaban J connectivity index is 1.76. The van der Waals surface area contributed by atoms with E-state index in [0.29, 0.717) is 18.9 Å². The van der Waals surface area contributed by atoms with Crippen molar-refractivity contribution in [1.29, 1.82) is 0 Å². The van der Waals surface area contributed by atoms with Crippen molar-refractivity contribution in [1.82, 2.24) is 19.7 Å². The highest BCUT2D eigenvalue weighted by atomic mass is 16.5. The van der Waals surface area contributed by atoms with E-state index in [9.17, 15) is 9.59 Å². The highest BCUT2D eigenvalue weighted by Gasteiger charge is 2.67. The van der Waals surface area contributed by atoms with Crippen LogP contribution in [0.3, 0.4) is 0 Å². The zero-order valence-electron chi connectivity index (χ0n) is 14.4. The van der Waals surface area contributed by atoms with Gasteiger partial charge in [0.25, 0.3) is 0 Å². The molecule has 126 valence electrons. The summed E-state index contributed by atoms with van der Waals surface area (Å²) in [6.07, 6.45) is 0.766. The molecular weight excluding hydrogens is 296 g/mol. The zero-order valence-corrected chi connectivity index (χ0v) is 14.4. The van der Waals surface area contributed by atoms with E-state index < -0.39 is 5.41 Å². The summed E-state index contributed by atoms with van der Waals surface area (Å²) < 4.78 is 6.64. The number of nitrogens with zero attached hydrogens (tertiary/aromatic N) is 4. The first-order valence-electron chi connectivity index (χ1n) is 7.94. The normalized spacial score (nSPS) is 28.2. The van der Waals surface area contributed by atoms with Gasteiger partial charge in [0, 0.05) is 13.1 Å². The highest BCUT2D eigenvalue weighted by Crippen LogP contribution is 2.63. The Morgan fingerprint density at radius 2 is 2.04 bits per heavy atom. The number of esters is 1. The average molecular weight is 320 g/mol. The van der Waals surface area contributed by atoms with Crippen LogP contribution in [0.25, 0.3) is 0 Å². The number of ether oxygens (including phenoxy) is 1. The third kappa shape index (κ3) is 2.33. The lowest BCUT2D eigenvalue weighted by molar-refractivity contribution is -0.174. The molecule has 2 aliphatic rings. The summed E-state index contributed by atoms with van der Waals surface area (Å²) in [5.74, 6) is 1.33. The number of rotatable bonds is 3. The smallest absolute Gasteiger partial charge is 0.314 e. The fourth-order valence-electron chi connectivity index (χ4n) is 4.50. The van der Waals surface area contributed by atoms with Gasteiger partial charge in [-0.15, -0.1) is 0 Å². The van der Waals surface area contributed by atoms with Gasteiger partial charge in [-0.1, -0.05) is 13.8 Å². The minimum Gasteiger partial charge on any atom is -0.469 e. The number of aromatic nitrogens is 3. The fraction of sp³-hybridized carbons (Fsp3) is 0.750. The highest BCUT2D eigenvalue weighted by molar-refractivity contribution is 5.83. The Bertz CT molecular complexity index is 666. The van der Waals surface area contributed by atoms with Crippen molar-refractivity contribution in [3.63, 3.8) is 0 Å². The second-order valence-electron chi connectivity index (χ2n) is 7.50. The molecule has 0 unspecified atom stereocenters. The van der Waals surface area contributed by atoms with Gasteiger partial charge in [-0.2, -0.15) is 5.10 Å². The van der Waals surface area contributed by atoms with E-state index in [1.54, 1.807) is 16.5 Å². The Morgan fingerprint density at radius 1 is 1.35 bits per heavy atom. The minimum absolute atomic E-state index is 0.0218. The number of hydrogen-bond acceptors (Lipinski definition) is 5. The number of carbonyl (C=O) groups is 2. The molecule has 1 saturated carbocycles. The maximum atomic E-state index is 12.6. The summed E-state index contributed by atoms with van der Waals surface area (Å²) in [6.45, 7) is 9.15. The van der Waals surface area contributed by atoms with Gasteiger partial charge in [0.15, 0.2) is 0 Å². The van der Waals surface area contributed by atoms with Gasteiger partial charge in [0.1, 0.15) is 18.2 Å². The van der Waals surface area contributed by atoms with Crippen molar-refractivity contribution in [3.05, 3.63) is 11.6 Å². The van der Waals surface area contributed by atoms with Crippen LogP contribution >= 0.6 is 0 Å². The Kier molecular flexibility index (Phi) is 3.50. The Labute approximate surface area is 136 Å². The molecule has 1 aromatic rings. The van der Waals surface area contributed by atoms with E-state index in [-0.39, 0.29) is 29.8 Å². The maximum Gasteiger partial charge on any atom is 0.314 e. The molecule has 0 spiro atoms. The van der Waals surface area contributed by atoms with Crippen LogP contribution in [-0.4, -0.2) is 51.7 Å². The lowest BCUT2D eigenvalue weighted by Gasteiger charge is -2.54. The monoisotopic (exact) mass is 320 g/mol. The molecular formula is C16H24N4O3. The van der Waals surface area contributed by atoms with Crippen LogP contribution in [0.1, 0.15) is 31.9 Å². The molecule has 7 nitrogen and oxygen atoms in total. The zero-order chi connectivity index (χ0) is 17.0. The van der Waals surface area contributed by atoms with E-state index in [4.69, 9.17) is 4.74 Å². The first-order valence-corrected chi connectivity index (χ1v) is 7.94. The molecule has 0 aromatic carbocycles. The molecule has 3 rings (SSSR count). The fourth-order valence-corrected chi connectivity index (χ4v) is 4.50. The lowest BCUT2D eigenvalue weighted by atomic mass is 9.48. The van der Waals surface area contributed by atoms with Gasteiger partial charge in [-0.25, -0.2) is 9.67 Å². The van der Waals surface area contributed by atoms with Crippen LogP contribution in [0.4, 0.5) is 0 Å². The first kappa shape index (κ1) is 16.0. The van der Waals surface area contributed by atoms with E-state index >= 15 is 0 Å². The van der Waals surface area contributed by atoms with Gasteiger partial charge in [0.2, 0.25) is 5.91 Å². The van der Waals surface area contributed by atoms with Gasteiger partial charge in [-0.3, -0.25) is 9.59 Å². The predicted molar refractivity (Wildman–Crippen MR) is 82.4 cm³/mol. The molecule has 1 amide bonds. The number of fused-ring (bicyclic) bond motifs is 1. The largest absolute Gasteiger partial charge is 0.469 e. The van der Waals surface area contributed by atoms with Gasteiger partial charge < -0.3 is 9.64 Å². The summed E-state index contributed by atoms with van der Waals surface area (Å²) in [6, 6.07) is 0. The summed E-state index contributed by atoms with van der Waals surface area (Å²) in [4.78, 5) is 30.9. The van der Waals surface area contributed by atoms with E-state index in [2.05, 4.69) is 23.9 Å². The molecule has 7 heteroatoms. The second-order valence-corrected chi connectivity index (χ2v) is 7.50. The van der Waals surface area contributed by atoms with Crippen LogP contribution in [0.2, 0.25) is 0 Å². The summed E-state index contributed by atoms with van der Waals surface area (Å²) in [5, 5.41) is 4.24. The van der Waals surface area contributed by atoms with Crippen LogP contribution in [0.15, 0.2) is 0 Å². The maximum absolute atomic E-state index is 12.6. The van der Waals surface area contributed by atoms with Crippen LogP contribution < -0.4 is 0 Å². The van der Waals surface area contributed by atoms with Crippen molar-refractivity contribution in [2.75, 3.05) is 20.2 Å². The molecule has 2 fully saturated rings. The molecule has 0 N–H and O–H groups in total. The van der Waals surface area contributed by atoms with Crippen molar-refractivity contribution >= 4 is 11.9 Å². The van der Waals surface area contributed by atoms with E-state index in [1.807, 2.05) is 6.92 Å². The van der Waals surface area contributed by atoms with Gasteiger partial charge in [0.05, 0.1) is 12.5 Å². The quantitative estimate of drug-likeness (QED) is 0.775. The molecule has 1 aliphatic carbocycles. The number of methoxy groups -OCH3 is 1. The van der Waals surface area contributed by atoms with Crippen LogP contribution in [0.5, 0.6) is 0 Å². The minimum atomic E-state index is -0.527. The molecule has 1 aliphatic heterocycles. The first-order chi connectivity index (χ1) is 10.7. The molecule has 2 heterocycles. The van der Waals surface area contributed by atoms with Gasteiger partial charge >= 0.3 is 5.97 Å². The molecule has 2 atom stereocenters. The molecule has 0 radical (unpaired) electrons. The number of hydrogen-bond donors (Lipinski definition) is 0. The van der Waals surface area contributed by atoms with Crippen LogP contribution in [0, 0.1) is 30.6 Å². The van der Waals surface area contributed by atoms with Crippen molar-refractivity contribution in [2.24, 2.45) is 16.7 Å². The van der Waals surface area contributed by atoms with Crippen molar-refractivity contribution in [3.8, 4) is 0 Å². The summed E-state index contributed by atoms with van der Waals surface area (Å²) in [7, 11) is 1.42. The molecule has 0 bridgehead atoms. The van der Waals surface area contributed by atoms with E-state index in [1.165, 1.54) is 7.11 Å². The standard InChI is InChI=1S/C16H24N4O3/c1-10-17-11(2)20(18-10)7-13(21)19-6-12-15(3,4)8-16(12,9-19)14(22)23-5/h12H,6-9H2,1-5H3/t12-,16+/m1/s1. The van der Waals surface area contributed by atoms with Gasteiger partial charge in [-0.05, 0) is 31.6 Å².